The number of ether oxygens (including phenoxy) is 2. The molecule has 0 spiro atoms. The zero-order valence-corrected chi connectivity index (χ0v) is 18.5. The van der Waals surface area contributed by atoms with Crippen molar-refractivity contribution in [3.05, 3.63) is 65.7 Å². The van der Waals surface area contributed by atoms with E-state index in [9.17, 15) is 4.79 Å². The van der Waals surface area contributed by atoms with Crippen molar-refractivity contribution in [1.82, 2.24) is 10.2 Å². The molecular weight excluding hydrogens is 388 g/mol. The number of amides is 1. The van der Waals surface area contributed by atoms with E-state index in [1.54, 1.807) is 0 Å². The van der Waals surface area contributed by atoms with Crippen LogP contribution < -0.4 is 14.8 Å². The van der Waals surface area contributed by atoms with Crippen LogP contribution in [0.1, 0.15) is 43.9 Å². The second kappa shape index (κ2) is 10.0. The first-order chi connectivity index (χ1) is 15.1. The smallest absolute Gasteiger partial charge is 0.236 e. The molecule has 0 saturated carbocycles. The Morgan fingerprint density at radius 3 is 2.55 bits per heavy atom. The number of hydrogen-bond donors (Lipinski definition) is 1. The van der Waals surface area contributed by atoms with Gasteiger partial charge in [0.15, 0.2) is 11.5 Å². The Morgan fingerprint density at radius 2 is 1.84 bits per heavy atom. The molecule has 1 atom stereocenters. The number of nitrogens with zero attached hydrogens (tertiary/aromatic N) is 1. The maximum atomic E-state index is 12.9. The van der Waals surface area contributed by atoms with Crippen molar-refractivity contribution < 1.29 is 14.3 Å². The standard InChI is InChI=1S/C26H32N2O3/c1-19(2)26(22-9-10-23-24(17-22)31-16-6-15-30-23)27-18-25(29)28-13-11-21(12-14-28)20-7-4-3-5-8-20/h3-5,7-11,17,19,26-27H,6,12-16,18H2,1-2H3/t26-/m1/s1. The van der Waals surface area contributed by atoms with Crippen molar-refractivity contribution in [1.29, 1.82) is 0 Å². The molecule has 2 aromatic rings. The average molecular weight is 421 g/mol. The largest absolute Gasteiger partial charge is 0.490 e. The number of rotatable bonds is 6. The topological polar surface area (TPSA) is 50.8 Å². The molecule has 0 saturated heterocycles. The molecule has 2 heterocycles. The maximum absolute atomic E-state index is 12.9. The van der Waals surface area contributed by atoms with Gasteiger partial charge in [-0.2, -0.15) is 0 Å². The van der Waals surface area contributed by atoms with Gasteiger partial charge in [0, 0.05) is 25.6 Å². The van der Waals surface area contributed by atoms with Crippen molar-refractivity contribution in [2.24, 2.45) is 5.92 Å². The van der Waals surface area contributed by atoms with E-state index in [0.717, 1.165) is 36.4 Å². The van der Waals surface area contributed by atoms with Gasteiger partial charge in [0.25, 0.3) is 0 Å². The highest BCUT2D eigenvalue weighted by Gasteiger charge is 2.22. The highest BCUT2D eigenvalue weighted by Crippen LogP contribution is 2.34. The molecule has 5 heteroatoms. The third kappa shape index (κ3) is 5.28. The van der Waals surface area contributed by atoms with Crippen molar-refractivity contribution in [3.63, 3.8) is 0 Å². The zero-order chi connectivity index (χ0) is 21.6. The predicted octanol–water partition coefficient (Wildman–Crippen LogP) is 4.45. The van der Waals surface area contributed by atoms with Crippen LogP contribution in [0.15, 0.2) is 54.6 Å². The molecule has 0 bridgehead atoms. The van der Waals surface area contributed by atoms with Crippen LogP contribution in [-0.4, -0.2) is 43.7 Å². The van der Waals surface area contributed by atoms with Crippen molar-refractivity contribution in [2.45, 2.75) is 32.7 Å². The normalized spacial score (nSPS) is 17.1. The van der Waals surface area contributed by atoms with E-state index in [1.165, 1.54) is 11.1 Å². The Bertz CT molecular complexity index is 924. The zero-order valence-electron chi connectivity index (χ0n) is 18.5. The molecule has 2 aliphatic rings. The summed E-state index contributed by atoms with van der Waals surface area (Å²) in [5, 5.41) is 3.49. The minimum Gasteiger partial charge on any atom is -0.490 e. The molecule has 0 radical (unpaired) electrons. The Labute approximate surface area is 185 Å². The number of carbonyl (C=O) groups excluding carboxylic acids is 1. The molecule has 0 fully saturated rings. The lowest BCUT2D eigenvalue weighted by atomic mass is 9.95. The second-order valence-corrected chi connectivity index (χ2v) is 8.54. The van der Waals surface area contributed by atoms with E-state index in [1.807, 2.05) is 17.0 Å². The molecule has 1 N–H and O–H groups in total. The van der Waals surface area contributed by atoms with Crippen LogP contribution in [0.4, 0.5) is 0 Å². The van der Waals surface area contributed by atoms with Crippen molar-refractivity contribution in [3.8, 4) is 11.5 Å². The van der Waals surface area contributed by atoms with E-state index in [-0.39, 0.29) is 11.9 Å². The highest BCUT2D eigenvalue weighted by atomic mass is 16.5. The molecule has 5 nitrogen and oxygen atoms in total. The lowest BCUT2D eigenvalue weighted by molar-refractivity contribution is -0.130. The average Bonchev–Trinajstić information content (AvgIpc) is 3.04. The summed E-state index contributed by atoms with van der Waals surface area (Å²) in [7, 11) is 0. The minimum atomic E-state index is 0.0707. The van der Waals surface area contributed by atoms with E-state index >= 15 is 0 Å². The van der Waals surface area contributed by atoms with Crippen LogP contribution in [-0.2, 0) is 4.79 Å². The molecule has 0 aromatic heterocycles. The van der Waals surface area contributed by atoms with E-state index in [0.29, 0.717) is 32.2 Å². The fourth-order valence-electron chi connectivity index (χ4n) is 4.23. The highest BCUT2D eigenvalue weighted by molar-refractivity contribution is 5.80. The quantitative estimate of drug-likeness (QED) is 0.750. The molecule has 2 aliphatic heterocycles. The van der Waals surface area contributed by atoms with Gasteiger partial charge >= 0.3 is 0 Å². The summed E-state index contributed by atoms with van der Waals surface area (Å²) in [6.07, 6.45) is 3.96. The lowest BCUT2D eigenvalue weighted by Gasteiger charge is -2.29. The first-order valence-electron chi connectivity index (χ1n) is 11.3. The molecule has 31 heavy (non-hydrogen) atoms. The number of fused-ring (bicyclic) bond motifs is 1. The van der Waals surface area contributed by atoms with Gasteiger partial charge in [-0.1, -0.05) is 56.3 Å². The molecular formula is C26H32N2O3. The van der Waals surface area contributed by atoms with Gasteiger partial charge in [-0.3, -0.25) is 4.79 Å². The van der Waals surface area contributed by atoms with Gasteiger partial charge in [0.1, 0.15) is 0 Å². The number of nitrogens with one attached hydrogen (secondary N) is 1. The summed E-state index contributed by atoms with van der Waals surface area (Å²) < 4.78 is 11.6. The van der Waals surface area contributed by atoms with Crippen molar-refractivity contribution >= 4 is 11.5 Å². The first kappa shape index (κ1) is 21.4. The van der Waals surface area contributed by atoms with Crippen LogP contribution >= 0.6 is 0 Å². The fraction of sp³-hybridized carbons (Fsp3) is 0.423. The summed E-state index contributed by atoms with van der Waals surface area (Å²) in [4.78, 5) is 14.8. The summed E-state index contributed by atoms with van der Waals surface area (Å²) in [6.45, 7) is 7.44. The number of carbonyl (C=O) groups is 1. The van der Waals surface area contributed by atoms with Gasteiger partial charge in [-0.05, 0) is 41.2 Å². The van der Waals surface area contributed by atoms with Crippen LogP contribution in [0, 0.1) is 5.92 Å². The third-order valence-electron chi connectivity index (χ3n) is 5.98. The summed E-state index contributed by atoms with van der Waals surface area (Å²) in [6, 6.07) is 16.6. The predicted molar refractivity (Wildman–Crippen MR) is 123 cm³/mol. The molecule has 1 amide bonds. The van der Waals surface area contributed by atoms with Gasteiger partial charge in [0.05, 0.1) is 19.8 Å². The van der Waals surface area contributed by atoms with E-state index in [4.69, 9.17) is 9.47 Å². The Morgan fingerprint density at radius 1 is 1.06 bits per heavy atom. The Balaban J connectivity index is 1.37. The van der Waals surface area contributed by atoms with E-state index in [2.05, 4.69) is 61.6 Å². The van der Waals surface area contributed by atoms with Crippen LogP contribution in [0.25, 0.3) is 5.57 Å². The maximum Gasteiger partial charge on any atom is 0.236 e. The second-order valence-electron chi connectivity index (χ2n) is 8.54. The molecule has 164 valence electrons. The van der Waals surface area contributed by atoms with Crippen LogP contribution in [0.5, 0.6) is 11.5 Å². The Hall–Kier alpha value is -2.79. The third-order valence-corrected chi connectivity index (χ3v) is 5.98. The number of hydrogen-bond acceptors (Lipinski definition) is 4. The number of benzene rings is 2. The first-order valence-corrected chi connectivity index (χ1v) is 11.3. The van der Waals surface area contributed by atoms with Crippen LogP contribution in [0.3, 0.4) is 0 Å². The summed E-state index contributed by atoms with van der Waals surface area (Å²) >= 11 is 0. The molecule has 0 aliphatic carbocycles. The lowest BCUT2D eigenvalue weighted by Crippen LogP contribution is -2.42. The Kier molecular flexibility index (Phi) is 6.92. The molecule has 0 unspecified atom stereocenters. The summed E-state index contributed by atoms with van der Waals surface area (Å²) in [5.41, 5.74) is 3.70. The van der Waals surface area contributed by atoms with Crippen molar-refractivity contribution in [2.75, 3.05) is 32.8 Å². The monoisotopic (exact) mass is 420 g/mol. The SMILES string of the molecule is CC(C)[C@@H](NCC(=O)N1CC=C(c2ccccc2)CC1)c1ccc2c(c1)OCCCO2. The van der Waals surface area contributed by atoms with Gasteiger partial charge in [-0.25, -0.2) is 0 Å². The van der Waals surface area contributed by atoms with Gasteiger partial charge in [0.2, 0.25) is 5.91 Å². The van der Waals surface area contributed by atoms with Gasteiger partial charge in [-0.15, -0.1) is 0 Å². The van der Waals surface area contributed by atoms with E-state index < -0.39 is 0 Å². The van der Waals surface area contributed by atoms with Gasteiger partial charge < -0.3 is 19.7 Å². The molecule has 2 aromatic carbocycles. The minimum absolute atomic E-state index is 0.0707. The molecule has 4 rings (SSSR count). The van der Waals surface area contributed by atoms with Crippen LogP contribution in [0.2, 0.25) is 0 Å². The summed E-state index contributed by atoms with van der Waals surface area (Å²) in [5.74, 6) is 2.07. The fourth-order valence-corrected chi connectivity index (χ4v) is 4.23.